The molecule has 2 amide bonds. The number of likely N-dealkylation sites (N-methyl/N-ethyl adjacent to an activating group) is 2. The lowest BCUT2D eigenvalue weighted by atomic mass is 9.85. The van der Waals surface area contributed by atoms with E-state index in [4.69, 9.17) is 9.47 Å². The Morgan fingerprint density at radius 1 is 1.29 bits per heavy atom. The van der Waals surface area contributed by atoms with Gasteiger partial charge in [-0.15, -0.1) is 0 Å². The lowest BCUT2D eigenvalue weighted by Gasteiger charge is -2.39. The van der Waals surface area contributed by atoms with Crippen molar-refractivity contribution in [2.75, 3.05) is 40.5 Å². The van der Waals surface area contributed by atoms with E-state index in [9.17, 15) is 14.4 Å². The van der Waals surface area contributed by atoms with Gasteiger partial charge in [-0.25, -0.2) is 4.79 Å². The summed E-state index contributed by atoms with van der Waals surface area (Å²) in [6.07, 6.45) is 1.77. The number of nitrogens with zero attached hydrogens (tertiary/aromatic N) is 2. The third-order valence-electron chi connectivity index (χ3n) is 5.59. The van der Waals surface area contributed by atoms with E-state index in [1.54, 1.807) is 31.9 Å². The number of hydrogen-bond acceptors (Lipinski definition) is 6. The second kappa shape index (κ2) is 11.6. The summed E-state index contributed by atoms with van der Waals surface area (Å²) in [6, 6.07) is -1.47. The minimum atomic E-state index is -0.724. The summed E-state index contributed by atoms with van der Waals surface area (Å²) in [5.41, 5.74) is -0.0474. The van der Waals surface area contributed by atoms with Crippen molar-refractivity contribution in [3.63, 3.8) is 0 Å². The molecule has 3 atom stereocenters. The summed E-state index contributed by atoms with van der Waals surface area (Å²) >= 11 is 0. The van der Waals surface area contributed by atoms with Crippen molar-refractivity contribution in [3.8, 4) is 0 Å². The highest BCUT2D eigenvalue weighted by atomic mass is 16.5. The first-order valence-corrected chi connectivity index (χ1v) is 11.0. The molecular weight excluding hydrogens is 398 g/mol. The van der Waals surface area contributed by atoms with Gasteiger partial charge in [0.1, 0.15) is 12.1 Å². The van der Waals surface area contributed by atoms with Crippen LogP contribution in [0.4, 0.5) is 0 Å². The summed E-state index contributed by atoms with van der Waals surface area (Å²) < 4.78 is 10.5. The lowest BCUT2D eigenvalue weighted by Crippen LogP contribution is -2.60. The van der Waals surface area contributed by atoms with Crippen molar-refractivity contribution < 1.29 is 23.9 Å². The number of carbonyl (C=O) groups is 3. The van der Waals surface area contributed by atoms with Gasteiger partial charge in [0.05, 0.1) is 25.9 Å². The van der Waals surface area contributed by atoms with Crippen molar-refractivity contribution in [1.82, 2.24) is 15.1 Å². The summed E-state index contributed by atoms with van der Waals surface area (Å²) in [5.74, 6) is -0.752. The molecule has 1 N–H and O–H groups in total. The first-order valence-electron chi connectivity index (χ1n) is 11.0. The van der Waals surface area contributed by atoms with Crippen LogP contribution >= 0.6 is 0 Å². The smallest absolute Gasteiger partial charge is 0.333 e. The Balaban J connectivity index is 3.10. The molecule has 0 aromatic rings. The maximum Gasteiger partial charge on any atom is 0.333 e. The van der Waals surface area contributed by atoms with E-state index < -0.39 is 23.5 Å². The molecule has 1 aliphatic rings. The largest absolute Gasteiger partial charge is 0.463 e. The van der Waals surface area contributed by atoms with Crippen LogP contribution in [-0.2, 0) is 23.9 Å². The van der Waals surface area contributed by atoms with Gasteiger partial charge in [0, 0.05) is 19.2 Å². The van der Waals surface area contributed by atoms with Crippen LogP contribution in [0.2, 0.25) is 0 Å². The molecule has 0 radical (unpaired) electrons. The van der Waals surface area contributed by atoms with E-state index in [2.05, 4.69) is 5.32 Å². The molecule has 0 aromatic carbocycles. The van der Waals surface area contributed by atoms with E-state index in [0.29, 0.717) is 31.9 Å². The monoisotopic (exact) mass is 439 g/mol. The molecule has 1 saturated heterocycles. The van der Waals surface area contributed by atoms with Crippen LogP contribution in [0.25, 0.3) is 0 Å². The molecule has 31 heavy (non-hydrogen) atoms. The molecule has 0 aliphatic carbocycles. The van der Waals surface area contributed by atoms with Crippen LogP contribution in [0.5, 0.6) is 0 Å². The zero-order valence-electron chi connectivity index (χ0n) is 20.7. The molecular formula is C23H41N3O5. The molecule has 0 aromatic heterocycles. The number of rotatable bonds is 8. The Kier molecular flexibility index (Phi) is 10.2. The highest BCUT2D eigenvalue weighted by Crippen LogP contribution is 2.24. The highest BCUT2D eigenvalue weighted by molar-refractivity contribution is 5.91. The molecule has 0 saturated carbocycles. The number of carbonyl (C=O) groups excluding carboxylic acids is 3. The molecule has 178 valence electrons. The van der Waals surface area contributed by atoms with Crippen molar-refractivity contribution in [2.45, 2.75) is 66.6 Å². The number of amides is 2. The van der Waals surface area contributed by atoms with Gasteiger partial charge in [-0.1, -0.05) is 40.7 Å². The highest BCUT2D eigenvalue weighted by Gasteiger charge is 2.39. The number of nitrogens with one attached hydrogen (secondary N) is 1. The van der Waals surface area contributed by atoms with E-state index in [1.165, 1.54) is 0 Å². The maximum absolute atomic E-state index is 13.5. The Labute approximate surface area is 187 Å². The molecule has 8 heteroatoms. The fraction of sp³-hybridized carbons (Fsp3) is 0.783. The van der Waals surface area contributed by atoms with E-state index >= 15 is 0 Å². The van der Waals surface area contributed by atoms with Crippen molar-refractivity contribution in [3.05, 3.63) is 11.6 Å². The van der Waals surface area contributed by atoms with Crippen LogP contribution in [0, 0.1) is 11.3 Å². The average Bonchev–Trinajstić information content (AvgIpc) is 2.68. The minimum absolute atomic E-state index is 0.0625. The zero-order valence-corrected chi connectivity index (χ0v) is 20.7. The molecule has 1 fully saturated rings. The van der Waals surface area contributed by atoms with E-state index in [-0.39, 0.29) is 23.8 Å². The molecule has 1 heterocycles. The Bertz CT molecular complexity index is 669. The van der Waals surface area contributed by atoms with Crippen LogP contribution in [-0.4, -0.2) is 86.2 Å². The normalized spacial score (nSPS) is 20.2. The fourth-order valence-corrected chi connectivity index (χ4v) is 3.52. The predicted molar refractivity (Wildman–Crippen MR) is 120 cm³/mol. The van der Waals surface area contributed by atoms with Gasteiger partial charge < -0.3 is 19.7 Å². The molecule has 1 unspecified atom stereocenters. The Morgan fingerprint density at radius 2 is 1.90 bits per heavy atom. The van der Waals surface area contributed by atoms with Crippen LogP contribution in [0.3, 0.4) is 0 Å². The number of morpholine rings is 1. The molecule has 0 spiro atoms. The predicted octanol–water partition coefficient (Wildman–Crippen LogP) is 1.84. The van der Waals surface area contributed by atoms with Gasteiger partial charge in [-0.2, -0.15) is 0 Å². The fourth-order valence-electron chi connectivity index (χ4n) is 3.52. The van der Waals surface area contributed by atoms with Crippen molar-refractivity contribution >= 4 is 17.8 Å². The van der Waals surface area contributed by atoms with Gasteiger partial charge in [0.25, 0.3) is 0 Å². The molecule has 1 aliphatic heterocycles. The molecule has 0 bridgehead atoms. The van der Waals surface area contributed by atoms with Crippen molar-refractivity contribution in [2.24, 2.45) is 11.3 Å². The van der Waals surface area contributed by atoms with Crippen molar-refractivity contribution in [1.29, 1.82) is 0 Å². The first kappa shape index (κ1) is 27.1. The Morgan fingerprint density at radius 3 is 2.39 bits per heavy atom. The van der Waals surface area contributed by atoms with Crippen LogP contribution in [0.15, 0.2) is 11.6 Å². The number of ether oxygens (including phenoxy) is 2. The second-order valence-corrected chi connectivity index (χ2v) is 9.63. The maximum atomic E-state index is 13.5. The lowest BCUT2D eigenvalue weighted by molar-refractivity contribution is -0.143. The van der Waals surface area contributed by atoms with Crippen LogP contribution < -0.4 is 5.32 Å². The molecule has 8 nitrogen and oxygen atoms in total. The van der Waals surface area contributed by atoms with Crippen LogP contribution in [0.1, 0.15) is 48.5 Å². The number of esters is 1. The molecule has 1 rings (SSSR count). The van der Waals surface area contributed by atoms with Gasteiger partial charge in [0.2, 0.25) is 11.8 Å². The van der Waals surface area contributed by atoms with Gasteiger partial charge in [-0.3, -0.25) is 14.5 Å². The minimum Gasteiger partial charge on any atom is -0.463 e. The summed E-state index contributed by atoms with van der Waals surface area (Å²) in [7, 11) is 3.59. The average molecular weight is 440 g/mol. The topological polar surface area (TPSA) is 88.2 Å². The second-order valence-electron chi connectivity index (χ2n) is 9.63. The first-order chi connectivity index (χ1) is 14.3. The quantitative estimate of drug-likeness (QED) is 0.459. The van der Waals surface area contributed by atoms with Gasteiger partial charge >= 0.3 is 5.97 Å². The SMILES string of the molecule is CCOC(=O)C(C)=C[C@H](C(C)C)N(C)C(=O)[C@@H](NC(=O)C1COCCN1C)C(C)(C)C. The number of hydrogen-bond donors (Lipinski definition) is 1. The standard InChI is InChI=1S/C23H41N3O5/c1-10-31-22(29)16(4)13-17(15(2)3)26(9)21(28)19(23(5,6)7)24-20(27)18-14-30-12-11-25(18)8/h13,15,17-19H,10-12,14H2,1-9H3,(H,24,27)/t17-,18?,19-/m1/s1. The summed E-state index contributed by atoms with van der Waals surface area (Å²) in [5, 5.41) is 2.96. The zero-order chi connectivity index (χ0) is 23.9. The third kappa shape index (κ3) is 7.61. The van der Waals surface area contributed by atoms with Gasteiger partial charge in [-0.05, 0) is 32.2 Å². The summed E-state index contributed by atoms with van der Waals surface area (Å²) in [6.45, 7) is 15.1. The third-order valence-corrected chi connectivity index (χ3v) is 5.59. The summed E-state index contributed by atoms with van der Waals surface area (Å²) in [4.78, 5) is 42.1. The van der Waals surface area contributed by atoms with Gasteiger partial charge in [0.15, 0.2) is 0 Å². The van der Waals surface area contributed by atoms with E-state index in [1.807, 2.05) is 46.6 Å². The van der Waals surface area contributed by atoms with E-state index in [0.717, 1.165) is 0 Å². The Hall–Kier alpha value is -1.93.